The van der Waals surface area contributed by atoms with Crippen LogP contribution < -0.4 is 23.8 Å². The second-order valence-electron chi connectivity index (χ2n) is 9.21. The Morgan fingerprint density at radius 3 is 2.17 bits per heavy atom. The van der Waals surface area contributed by atoms with Crippen LogP contribution in [0.2, 0.25) is 0 Å². The Morgan fingerprint density at radius 1 is 0.900 bits per heavy atom. The van der Waals surface area contributed by atoms with Crippen LogP contribution in [0.3, 0.4) is 0 Å². The summed E-state index contributed by atoms with van der Waals surface area (Å²) in [6.07, 6.45) is 3.92. The standard InChI is InChI=1S/C31H33NO8/c1-37-24-14-16-26(17-15-24)39-20-4-19-38-25-12-9-22(10-13-25)8-11-23-5-2-6-27-30(23)40-28(31(35)36)21-32(27)18-3-7-29(33)34/h2,5-6,8-17,28H,3-4,7,18-21H2,1H3,(H,33,34)(H,35,36)/b11-8+. The van der Waals surface area contributed by atoms with Crippen LogP contribution in [-0.2, 0) is 9.59 Å². The Labute approximate surface area is 233 Å². The maximum absolute atomic E-state index is 11.7. The number of hydrogen-bond donors (Lipinski definition) is 2. The van der Waals surface area contributed by atoms with Crippen molar-refractivity contribution in [1.29, 1.82) is 0 Å². The van der Waals surface area contributed by atoms with Crippen LogP contribution in [0.1, 0.15) is 30.4 Å². The van der Waals surface area contributed by atoms with E-state index in [0.29, 0.717) is 31.9 Å². The van der Waals surface area contributed by atoms with E-state index in [-0.39, 0.29) is 13.0 Å². The Morgan fingerprint density at radius 2 is 1.55 bits per heavy atom. The highest BCUT2D eigenvalue weighted by molar-refractivity contribution is 5.81. The molecule has 0 aromatic heterocycles. The van der Waals surface area contributed by atoms with Crippen LogP contribution in [0.25, 0.3) is 12.2 Å². The van der Waals surface area contributed by atoms with Crippen molar-refractivity contribution >= 4 is 29.8 Å². The van der Waals surface area contributed by atoms with Crippen LogP contribution in [0.5, 0.6) is 23.0 Å². The first-order chi connectivity index (χ1) is 19.4. The molecule has 1 atom stereocenters. The minimum Gasteiger partial charge on any atom is -0.497 e. The third-order valence-electron chi connectivity index (χ3n) is 6.33. The first kappa shape index (κ1) is 28.4. The molecule has 210 valence electrons. The lowest BCUT2D eigenvalue weighted by Gasteiger charge is -2.35. The molecule has 2 N–H and O–H groups in total. The number of benzene rings is 3. The zero-order valence-corrected chi connectivity index (χ0v) is 22.3. The number of anilines is 1. The summed E-state index contributed by atoms with van der Waals surface area (Å²) in [5, 5.41) is 18.6. The largest absolute Gasteiger partial charge is 0.497 e. The molecule has 9 nitrogen and oxygen atoms in total. The molecule has 0 bridgehead atoms. The number of nitrogens with zero attached hydrogens (tertiary/aromatic N) is 1. The molecule has 3 aromatic carbocycles. The van der Waals surface area contributed by atoms with Crippen molar-refractivity contribution in [2.75, 3.05) is 38.3 Å². The molecule has 0 aliphatic carbocycles. The van der Waals surface area contributed by atoms with Gasteiger partial charge in [0, 0.05) is 24.9 Å². The summed E-state index contributed by atoms with van der Waals surface area (Å²) < 4.78 is 22.5. The predicted octanol–water partition coefficient (Wildman–Crippen LogP) is 5.23. The van der Waals surface area contributed by atoms with Crippen LogP contribution >= 0.6 is 0 Å². The number of carboxylic acids is 2. The number of carboxylic acid groups (broad SMARTS) is 2. The Kier molecular flexibility index (Phi) is 9.88. The Balaban J connectivity index is 1.32. The fourth-order valence-electron chi connectivity index (χ4n) is 4.26. The van der Waals surface area contributed by atoms with Crippen LogP contribution in [0, 0.1) is 0 Å². The van der Waals surface area contributed by atoms with E-state index < -0.39 is 18.0 Å². The maximum Gasteiger partial charge on any atom is 0.346 e. The molecule has 1 aliphatic heterocycles. The van der Waals surface area contributed by atoms with Crippen molar-refractivity contribution in [3.63, 3.8) is 0 Å². The average molecular weight is 548 g/mol. The molecule has 0 spiro atoms. The molecule has 3 aromatic rings. The SMILES string of the molecule is COc1ccc(OCCCOc2ccc(/C=C/c3cccc4c3OC(C(=O)O)CN4CCCC(=O)O)cc2)cc1. The lowest BCUT2D eigenvalue weighted by molar-refractivity contribution is -0.145. The van der Waals surface area contributed by atoms with Gasteiger partial charge in [-0.3, -0.25) is 4.79 Å². The molecular formula is C31H33NO8. The number of para-hydroxylation sites is 1. The number of methoxy groups -OCH3 is 1. The predicted molar refractivity (Wildman–Crippen MR) is 152 cm³/mol. The van der Waals surface area contributed by atoms with E-state index in [4.69, 9.17) is 24.1 Å². The van der Waals surface area contributed by atoms with Gasteiger partial charge in [-0.05, 0) is 54.4 Å². The fourth-order valence-corrected chi connectivity index (χ4v) is 4.26. The van der Waals surface area contributed by atoms with Gasteiger partial charge in [0.25, 0.3) is 0 Å². The summed E-state index contributed by atoms with van der Waals surface area (Å²) in [5.41, 5.74) is 2.44. The summed E-state index contributed by atoms with van der Waals surface area (Å²) in [6, 6.07) is 20.7. The number of hydrogen-bond acceptors (Lipinski definition) is 7. The quantitative estimate of drug-likeness (QED) is 0.207. The lowest BCUT2D eigenvalue weighted by atomic mass is 10.1. The van der Waals surface area contributed by atoms with Gasteiger partial charge in [0.15, 0.2) is 5.75 Å². The summed E-state index contributed by atoms with van der Waals surface area (Å²) in [6.45, 7) is 1.64. The van der Waals surface area contributed by atoms with Crippen LogP contribution in [-0.4, -0.2) is 61.7 Å². The van der Waals surface area contributed by atoms with Crippen molar-refractivity contribution in [2.45, 2.75) is 25.4 Å². The molecule has 0 fully saturated rings. The highest BCUT2D eigenvalue weighted by atomic mass is 16.5. The zero-order chi connectivity index (χ0) is 28.3. The normalized spacial score (nSPS) is 14.3. The molecule has 1 unspecified atom stereocenters. The first-order valence-corrected chi connectivity index (χ1v) is 13.1. The maximum atomic E-state index is 11.7. The molecule has 0 amide bonds. The van der Waals surface area contributed by atoms with Gasteiger partial charge in [-0.2, -0.15) is 0 Å². The van der Waals surface area contributed by atoms with E-state index in [1.165, 1.54) is 0 Å². The molecular weight excluding hydrogens is 514 g/mol. The highest BCUT2D eigenvalue weighted by Gasteiger charge is 2.31. The van der Waals surface area contributed by atoms with E-state index in [2.05, 4.69) is 0 Å². The molecule has 1 heterocycles. The van der Waals surface area contributed by atoms with Crippen LogP contribution in [0.4, 0.5) is 5.69 Å². The van der Waals surface area contributed by atoms with Crippen molar-refractivity contribution in [1.82, 2.24) is 0 Å². The lowest BCUT2D eigenvalue weighted by Crippen LogP contribution is -2.45. The molecule has 0 saturated carbocycles. The van der Waals surface area contributed by atoms with Gasteiger partial charge in [-0.25, -0.2) is 4.79 Å². The van der Waals surface area contributed by atoms with E-state index in [1.54, 1.807) is 7.11 Å². The monoisotopic (exact) mass is 547 g/mol. The second-order valence-corrected chi connectivity index (χ2v) is 9.21. The second kappa shape index (κ2) is 13.9. The van der Waals surface area contributed by atoms with Crippen molar-refractivity contribution in [3.05, 3.63) is 77.9 Å². The fraction of sp³-hybridized carbons (Fsp3) is 0.290. The first-order valence-electron chi connectivity index (χ1n) is 13.1. The number of ether oxygens (including phenoxy) is 4. The molecule has 1 aliphatic rings. The number of rotatable bonds is 14. The van der Waals surface area contributed by atoms with E-state index in [9.17, 15) is 14.7 Å². The van der Waals surface area contributed by atoms with Crippen molar-refractivity contribution in [3.8, 4) is 23.0 Å². The van der Waals surface area contributed by atoms with Gasteiger partial charge in [0.05, 0.1) is 32.6 Å². The van der Waals surface area contributed by atoms with Gasteiger partial charge >= 0.3 is 11.9 Å². The third kappa shape index (κ3) is 7.92. The Hall–Kier alpha value is -4.66. The van der Waals surface area contributed by atoms with Crippen molar-refractivity contribution in [2.24, 2.45) is 0 Å². The number of aliphatic carboxylic acids is 2. The van der Waals surface area contributed by atoms with E-state index in [1.807, 2.05) is 83.8 Å². The van der Waals surface area contributed by atoms with Gasteiger partial charge in [-0.15, -0.1) is 0 Å². The summed E-state index contributed by atoms with van der Waals surface area (Å²) >= 11 is 0. The summed E-state index contributed by atoms with van der Waals surface area (Å²) in [4.78, 5) is 24.5. The van der Waals surface area contributed by atoms with Gasteiger partial charge in [0.1, 0.15) is 17.2 Å². The Bertz CT molecular complexity index is 1300. The summed E-state index contributed by atoms with van der Waals surface area (Å²) in [7, 11) is 1.63. The topological polar surface area (TPSA) is 115 Å². The van der Waals surface area contributed by atoms with E-state index >= 15 is 0 Å². The minimum absolute atomic E-state index is 0.0151. The molecule has 9 heteroatoms. The molecule has 40 heavy (non-hydrogen) atoms. The number of fused-ring (bicyclic) bond motifs is 1. The van der Waals surface area contributed by atoms with E-state index in [0.717, 1.165) is 40.5 Å². The van der Waals surface area contributed by atoms with Crippen LogP contribution in [0.15, 0.2) is 66.7 Å². The average Bonchev–Trinajstić information content (AvgIpc) is 2.96. The third-order valence-corrected chi connectivity index (χ3v) is 6.33. The summed E-state index contributed by atoms with van der Waals surface area (Å²) in [5.74, 6) is 0.860. The zero-order valence-electron chi connectivity index (χ0n) is 22.3. The van der Waals surface area contributed by atoms with Gasteiger partial charge in [-0.1, -0.05) is 36.4 Å². The minimum atomic E-state index is -1.06. The smallest absolute Gasteiger partial charge is 0.346 e. The molecule has 0 saturated heterocycles. The highest BCUT2D eigenvalue weighted by Crippen LogP contribution is 2.38. The number of carbonyl (C=O) groups is 2. The van der Waals surface area contributed by atoms with Gasteiger partial charge in [0.2, 0.25) is 6.10 Å². The van der Waals surface area contributed by atoms with Crippen molar-refractivity contribution < 1.29 is 38.7 Å². The van der Waals surface area contributed by atoms with Gasteiger partial charge < -0.3 is 34.1 Å². The molecule has 0 radical (unpaired) electrons. The molecule has 4 rings (SSSR count).